The van der Waals surface area contributed by atoms with Crippen LogP contribution in [0.3, 0.4) is 0 Å². The molecular weight excluding hydrogens is 434 g/mol. The van der Waals surface area contributed by atoms with Crippen LogP contribution in [0.1, 0.15) is 43.2 Å². The lowest BCUT2D eigenvalue weighted by atomic mass is 10.1. The van der Waals surface area contributed by atoms with Crippen molar-refractivity contribution in [3.8, 4) is 5.75 Å². The summed E-state index contributed by atoms with van der Waals surface area (Å²) in [7, 11) is 0. The Bertz CT molecular complexity index is 1430. The Morgan fingerprint density at radius 1 is 0.971 bits per heavy atom. The van der Waals surface area contributed by atoms with Crippen LogP contribution in [0, 0.1) is 6.92 Å². The molecule has 3 heterocycles. The number of ether oxygens (including phenoxy) is 1. The fourth-order valence-electron chi connectivity index (χ4n) is 3.74. The van der Waals surface area contributed by atoms with E-state index in [0.29, 0.717) is 17.9 Å². The van der Waals surface area contributed by atoms with E-state index in [1.807, 2.05) is 37.3 Å². The summed E-state index contributed by atoms with van der Waals surface area (Å²) in [6.45, 7) is 2.58. The number of hydrogen-bond donors (Lipinski definition) is 2. The summed E-state index contributed by atoms with van der Waals surface area (Å²) >= 11 is 0. The molecule has 5 rings (SSSR count). The van der Waals surface area contributed by atoms with Crippen LogP contribution in [-0.4, -0.2) is 32.4 Å². The van der Waals surface area contributed by atoms with Crippen molar-refractivity contribution in [1.82, 2.24) is 25.2 Å². The third kappa shape index (κ3) is 4.36. The Morgan fingerprint density at radius 2 is 1.71 bits per heavy atom. The van der Waals surface area contributed by atoms with Crippen LogP contribution in [0.4, 0.5) is 0 Å². The predicted molar refractivity (Wildman–Crippen MR) is 122 cm³/mol. The first-order valence-electron chi connectivity index (χ1n) is 10.8. The molecule has 2 N–H and O–H groups in total. The van der Waals surface area contributed by atoms with Gasteiger partial charge in [0.05, 0.1) is 12.6 Å². The molecule has 34 heavy (non-hydrogen) atoms. The molecule has 9 nitrogen and oxygen atoms in total. The molecule has 0 radical (unpaired) electrons. The molecule has 0 fully saturated rings. The number of benzene rings is 2. The molecule has 0 saturated heterocycles. The molecule has 0 unspecified atom stereocenters. The van der Waals surface area contributed by atoms with Crippen molar-refractivity contribution in [3.63, 3.8) is 0 Å². The zero-order valence-electron chi connectivity index (χ0n) is 18.4. The average Bonchev–Trinajstić information content (AvgIpc) is 3.46. The van der Waals surface area contributed by atoms with Gasteiger partial charge < -0.3 is 15.4 Å². The number of fused-ring (bicyclic) bond motifs is 2. The first kappa shape index (κ1) is 21.3. The van der Waals surface area contributed by atoms with Crippen molar-refractivity contribution in [2.45, 2.75) is 26.4 Å². The van der Waals surface area contributed by atoms with Gasteiger partial charge in [0, 0.05) is 30.8 Å². The Morgan fingerprint density at radius 3 is 2.53 bits per heavy atom. The van der Waals surface area contributed by atoms with Crippen molar-refractivity contribution in [3.05, 3.63) is 94.4 Å². The highest BCUT2D eigenvalue weighted by Crippen LogP contribution is 2.26. The molecule has 0 spiro atoms. The van der Waals surface area contributed by atoms with E-state index in [4.69, 9.17) is 4.74 Å². The molecule has 1 aliphatic heterocycles. The van der Waals surface area contributed by atoms with Gasteiger partial charge in [0.15, 0.2) is 5.65 Å². The second-order valence-corrected chi connectivity index (χ2v) is 8.07. The number of nitrogens with zero attached hydrogens (tertiary/aromatic N) is 3. The molecule has 0 atom stereocenters. The van der Waals surface area contributed by atoms with E-state index in [0.717, 1.165) is 22.3 Å². The highest BCUT2D eigenvalue weighted by molar-refractivity contribution is 5.98. The summed E-state index contributed by atoms with van der Waals surface area (Å²) in [6, 6.07) is 16.3. The van der Waals surface area contributed by atoms with E-state index in [9.17, 15) is 14.4 Å². The van der Waals surface area contributed by atoms with Crippen molar-refractivity contribution in [1.29, 1.82) is 0 Å². The third-order valence-electron chi connectivity index (χ3n) is 5.53. The molecule has 0 aliphatic carbocycles. The molecule has 1 aliphatic rings. The van der Waals surface area contributed by atoms with Crippen molar-refractivity contribution in [2.24, 2.45) is 0 Å². The van der Waals surface area contributed by atoms with Crippen LogP contribution in [0.15, 0.2) is 60.8 Å². The Hall–Kier alpha value is -4.53. The summed E-state index contributed by atoms with van der Waals surface area (Å²) in [5.41, 5.74) is 4.42. The number of carbonyl (C=O) groups is 3. The summed E-state index contributed by atoms with van der Waals surface area (Å²) in [5.74, 6) is -0.532. The predicted octanol–water partition coefficient (Wildman–Crippen LogP) is 2.36. The van der Waals surface area contributed by atoms with Crippen LogP contribution >= 0.6 is 0 Å². The fourth-order valence-corrected chi connectivity index (χ4v) is 3.74. The number of nitrogens with one attached hydrogen (secondary N) is 2. The van der Waals surface area contributed by atoms with E-state index in [2.05, 4.69) is 20.7 Å². The molecule has 0 bridgehead atoms. The minimum atomic E-state index is -0.427. The van der Waals surface area contributed by atoms with Gasteiger partial charge in [0.2, 0.25) is 0 Å². The number of esters is 1. The standard InChI is InChI=1S/C25H21N5O4/c1-15-2-4-16(5-3-15)13-27-25(33)20-12-19(29-22-8-9-28-30(20)22)24(32)26-14-17-6-7-21-18(10-17)11-23(31)34-21/h2-10,12H,11,13-14H2,1H3,(H,26,32)(H,27,33). The van der Waals surface area contributed by atoms with Crippen molar-refractivity contribution in [2.75, 3.05) is 0 Å². The Kier molecular flexibility index (Phi) is 5.51. The number of carbonyl (C=O) groups excluding carboxylic acids is 3. The minimum absolute atomic E-state index is 0.105. The number of aromatic nitrogens is 3. The largest absolute Gasteiger partial charge is 0.426 e. The molecule has 9 heteroatoms. The van der Waals surface area contributed by atoms with Gasteiger partial charge in [-0.25, -0.2) is 9.50 Å². The van der Waals surface area contributed by atoms with E-state index in [1.165, 1.54) is 16.8 Å². The number of amides is 2. The second kappa shape index (κ2) is 8.78. The highest BCUT2D eigenvalue weighted by Gasteiger charge is 2.21. The monoisotopic (exact) mass is 455 g/mol. The van der Waals surface area contributed by atoms with Crippen molar-refractivity contribution < 1.29 is 19.1 Å². The van der Waals surface area contributed by atoms with Gasteiger partial charge >= 0.3 is 5.97 Å². The zero-order chi connectivity index (χ0) is 23.7. The maximum absolute atomic E-state index is 12.9. The SMILES string of the molecule is Cc1ccc(CNC(=O)c2cc(C(=O)NCc3ccc4c(c3)CC(=O)O4)nc3ccnn23)cc1. The lowest BCUT2D eigenvalue weighted by Gasteiger charge is -2.10. The highest BCUT2D eigenvalue weighted by atomic mass is 16.5. The van der Waals surface area contributed by atoms with Gasteiger partial charge in [-0.05, 0) is 30.2 Å². The van der Waals surface area contributed by atoms with Crippen LogP contribution in [0.5, 0.6) is 5.75 Å². The van der Waals surface area contributed by atoms with Gasteiger partial charge in [-0.2, -0.15) is 5.10 Å². The zero-order valence-corrected chi connectivity index (χ0v) is 18.4. The van der Waals surface area contributed by atoms with Gasteiger partial charge in [0.1, 0.15) is 17.1 Å². The molecule has 170 valence electrons. The molecular formula is C25H21N5O4. The molecule has 2 aromatic carbocycles. The van der Waals surface area contributed by atoms with Crippen molar-refractivity contribution >= 4 is 23.4 Å². The van der Waals surface area contributed by atoms with Gasteiger partial charge in [-0.3, -0.25) is 14.4 Å². The lowest BCUT2D eigenvalue weighted by Crippen LogP contribution is -2.28. The first-order chi connectivity index (χ1) is 16.5. The Labute approximate surface area is 194 Å². The molecule has 2 amide bonds. The maximum atomic E-state index is 12.9. The topological polar surface area (TPSA) is 115 Å². The van der Waals surface area contributed by atoms with Crippen LogP contribution < -0.4 is 15.4 Å². The Balaban J connectivity index is 1.31. The molecule has 4 aromatic rings. The number of aryl methyl sites for hydroxylation is 1. The van der Waals surface area contributed by atoms with E-state index in [1.54, 1.807) is 18.2 Å². The van der Waals surface area contributed by atoms with E-state index < -0.39 is 5.91 Å². The first-order valence-corrected chi connectivity index (χ1v) is 10.8. The summed E-state index contributed by atoms with van der Waals surface area (Å²) in [6.07, 6.45) is 1.74. The molecule has 0 saturated carbocycles. The van der Waals surface area contributed by atoms with E-state index >= 15 is 0 Å². The van der Waals surface area contributed by atoms with Crippen LogP contribution in [0.2, 0.25) is 0 Å². The summed E-state index contributed by atoms with van der Waals surface area (Å²) in [4.78, 5) is 41.5. The minimum Gasteiger partial charge on any atom is -0.426 e. The maximum Gasteiger partial charge on any atom is 0.315 e. The van der Waals surface area contributed by atoms with Gasteiger partial charge in [-0.1, -0.05) is 35.9 Å². The fraction of sp³-hybridized carbons (Fsp3) is 0.160. The van der Waals surface area contributed by atoms with Crippen LogP contribution in [-0.2, 0) is 24.3 Å². The van der Waals surface area contributed by atoms with Crippen LogP contribution in [0.25, 0.3) is 5.65 Å². The molecule has 2 aromatic heterocycles. The van der Waals surface area contributed by atoms with Gasteiger partial charge in [0.25, 0.3) is 11.8 Å². The number of rotatable bonds is 6. The van der Waals surface area contributed by atoms with E-state index in [-0.39, 0.29) is 36.2 Å². The summed E-state index contributed by atoms with van der Waals surface area (Å²) in [5, 5.41) is 9.85. The second-order valence-electron chi connectivity index (χ2n) is 8.07. The number of hydrogen-bond acceptors (Lipinski definition) is 6. The quantitative estimate of drug-likeness (QED) is 0.341. The smallest absolute Gasteiger partial charge is 0.315 e. The average molecular weight is 455 g/mol. The third-order valence-corrected chi connectivity index (χ3v) is 5.53. The van der Waals surface area contributed by atoms with Gasteiger partial charge in [-0.15, -0.1) is 0 Å². The lowest BCUT2D eigenvalue weighted by molar-refractivity contribution is -0.131. The summed E-state index contributed by atoms with van der Waals surface area (Å²) < 4.78 is 6.50. The normalized spacial score (nSPS) is 12.3.